The molecule has 3 N–H and O–H groups in total. The molecule has 0 radical (unpaired) electrons. The van der Waals surface area contributed by atoms with E-state index in [-0.39, 0.29) is 17.7 Å². The Morgan fingerprint density at radius 3 is 2.19 bits per heavy atom. The Morgan fingerprint density at radius 1 is 1.14 bits per heavy atom. The van der Waals surface area contributed by atoms with Gasteiger partial charge in [-0.2, -0.15) is 0 Å². The SMILES string of the molecule is CCC(CCNC(=O)NCCC(C)S(C)=O)CCC(=O)O. The third kappa shape index (κ3) is 11.2. The van der Waals surface area contributed by atoms with Crippen molar-refractivity contribution in [1.82, 2.24) is 10.6 Å². The second-order valence-electron chi connectivity index (χ2n) is 5.28. The number of carboxylic acids is 1. The lowest BCUT2D eigenvalue weighted by Crippen LogP contribution is -2.38. The van der Waals surface area contributed by atoms with Gasteiger partial charge in [0.1, 0.15) is 0 Å². The summed E-state index contributed by atoms with van der Waals surface area (Å²) in [7, 11) is -0.864. The topological polar surface area (TPSA) is 95.5 Å². The van der Waals surface area contributed by atoms with E-state index >= 15 is 0 Å². The summed E-state index contributed by atoms with van der Waals surface area (Å²) in [6, 6.07) is -0.225. The number of rotatable bonds is 11. The molecule has 0 aliphatic carbocycles. The van der Waals surface area contributed by atoms with Crippen molar-refractivity contribution >= 4 is 22.8 Å². The first-order chi connectivity index (χ1) is 9.86. The Bertz CT molecular complexity index is 350. The van der Waals surface area contributed by atoms with Crippen molar-refractivity contribution in [2.75, 3.05) is 19.3 Å². The number of hydrogen-bond donors (Lipinski definition) is 3. The van der Waals surface area contributed by atoms with E-state index in [1.54, 1.807) is 6.26 Å². The predicted octanol–water partition coefficient (Wildman–Crippen LogP) is 1.72. The van der Waals surface area contributed by atoms with Crippen LogP contribution in [0.4, 0.5) is 4.79 Å². The average Bonchev–Trinajstić information content (AvgIpc) is 2.41. The van der Waals surface area contributed by atoms with E-state index in [0.29, 0.717) is 31.8 Å². The summed E-state index contributed by atoms with van der Waals surface area (Å²) in [5, 5.41) is 14.2. The molecule has 0 fully saturated rings. The van der Waals surface area contributed by atoms with Crippen LogP contribution in [0.25, 0.3) is 0 Å². The van der Waals surface area contributed by atoms with Gasteiger partial charge in [-0.25, -0.2) is 4.79 Å². The van der Waals surface area contributed by atoms with Crippen LogP contribution in [0.5, 0.6) is 0 Å². The summed E-state index contributed by atoms with van der Waals surface area (Å²) >= 11 is 0. The number of nitrogens with one attached hydrogen (secondary N) is 2. The molecule has 3 atom stereocenters. The van der Waals surface area contributed by atoms with Crippen LogP contribution in [0.2, 0.25) is 0 Å². The lowest BCUT2D eigenvalue weighted by molar-refractivity contribution is -0.137. The molecule has 6 nitrogen and oxygen atoms in total. The van der Waals surface area contributed by atoms with Gasteiger partial charge in [0.15, 0.2) is 0 Å². The molecule has 21 heavy (non-hydrogen) atoms. The van der Waals surface area contributed by atoms with Crippen molar-refractivity contribution in [1.29, 1.82) is 0 Å². The Hall–Kier alpha value is -1.11. The van der Waals surface area contributed by atoms with Gasteiger partial charge in [0.25, 0.3) is 0 Å². The zero-order valence-electron chi connectivity index (χ0n) is 13.2. The maximum Gasteiger partial charge on any atom is 0.314 e. The first kappa shape index (κ1) is 19.9. The quantitative estimate of drug-likeness (QED) is 0.540. The fourth-order valence-electron chi connectivity index (χ4n) is 1.89. The highest BCUT2D eigenvalue weighted by Crippen LogP contribution is 2.14. The van der Waals surface area contributed by atoms with Gasteiger partial charge in [0.05, 0.1) is 0 Å². The largest absolute Gasteiger partial charge is 0.481 e. The summed E-state index contributed by atoms with van der Waals surface area (Å²) in [5.74, 6) is -0.453. The van der Waals surface area contributed by atoms with Crippen LogP contribution >= 0.6 is 0 Å². The zero-order chi connectivity index (χ0) is 16.3. The molecule has 0 aromatic heterocycles. The highest BCUT2D eigenvalue weighted by atomic mass is 32.2. The van der Waals surface area contributed by atoms with Crippen molar-refractivity contribution in [3.63, 3.8) is 0 Å². The van der Waals surface area contributed by atoms with E-state index in [2.05, 4.69) is 10.6 Å². The van der Waals surface area contributed by atoms with Gasteiger partial charge in [-0.3, -0.25) is 9.00 Å². The number of aliphatic carboxylic acids is 1. The smallest absolute Gasteiger partial charge is 0.314 e. The van der Waals surface area contributed by atoms with Gasteiger partial charge in [-0.1, -0.05) is 20.3 Å². The molecule has 0 heterocycles. The number of carboxylic acid groups (broad SMARTS) is 1. The van der Waals surface area contributed by atoms with E-state index in [4.69, 9.17) is 5.11 Å². The molecular weight excluding hydrogens is 292 g/mol. The molecule has 3 unspecified atom stereocenters. The molecular formula is C14H28N2O4S. The maximum atomic E-state index is 11.5. The molecule has 2 amide bonds. The Morgan fingerprint density at radius 2 is 1.71 bits per heavy atom. The van der Waals surface area contributed by atoms with Gasteiger partial charge in [0, 0.05) is 41.8 Å². The van der Waals surface area contributed by atoms with Gasteiger partial charge in [-0.05, 0) is 25.2 Å². The summed E-state index contributed by atoms with van der Waals surface area (Å²) < 4.78 is 11.1. The van der Waals surface area contributed by atoms with Gasteiger partial charge < -0.3 is 15.7 Å². The van der Waals surface area contributed by atoms with Crippen LogP contribution in [0.1, 0.15) is 46.0 Å². The van der Waals surface area contributed by atoms with Gasteiger partial charge in [-0.15, -0.1) is 0 Å². The van der Waals surface area contributed by atoms with Gasteiger partial charge >= 0.3 is 12.0 Å². The van der Waals surface area contributed by atoms with Crippen LogP contribution < -0.4 is 10.6 Å². The minimum atomic E-state index is -0.864. The van der Waals surface area contributed by atoms with Crippen molar-refractivity contribution in [2.24, 2.45) is 5.92 Å². The molecule has 0 saturated carbocycles. The van der Waals surface area contributed by atoms with Crippen LogP contribution in [-0.4, -0.2) is 45.9 Å². The van der Waals surface area contributed by atoms with E-state index in [1.807, 2.05) is 13.8 Å². The zero-order valence-corrected chi connectivity index (χ0v) is 14.0. The van der Waals surface area contributed by atoms with E-state index < -0.39 is 16.8 Å². The van der Waals surface area contributed by atoms with Crippen LogP contribution in [0.15, 0.2) is 0 Å². The third-order valence-corrected chi connectivity index (χ3v) is 4.95. The van der Waals surface area contributed by atoms with Gasteiger partial charge in [0.2, 0.25) is 0 Å². The summed E-state index contributed by atoms with van der Waals surface area (Å²) in [5.41, 5.74) is 0. The van der Waals surface area contributed by atoms with Crippen LogP contribution in [0, 0.1) is 5.92 Å². The molecule has 0 aliphatic heterocycles. The van der Waals surface area contributed by atoms with E-state index in [9.17, 15) is 13.8 Å². The molecule has 0 aromatic rings. The molecule has 7 heteroatoms. The number of amides is 2. The average molecular weight is 320 g/mol. The fraction of sp³-hybridized carbons (Fsp3) is 0.857. The van der Waals surface area contributed by atoms with Crippen LogP contribution in [0.3, 0.4) is 0 Å². The minimum absolute atomic E-state index is 0.0748. The van der Waals surface area contributed by atoms with Crippen molar-refractivity contribution < 1.29 is 18.9 Å². The van der Waals surface area contributed by atoms with E-state index in [1.165, 1.54) is 0 Å². The molecule has 0 bridgehead atoms. The second-order valence-corrected chi connectivity index (χ2v) is 7.08. The molecule has 0 aliphatic rings. The molecule has 0 spiro atoms. The number of urea groups is 1. The highest BCUT2D eigenvalue weighted by molar-refractivity contribution is 7.84. The minimum Gasteiger partial charge on any atom is -0.481 e. The lowest BCUT2D eigenvalue weighted by atomic mass is 9.97. The summed E-state index contributed by atoms with van der Waals surface area (Å²) in [6.07, 6.45) is 4.87. The lowest BCUT2D eigenvalue weighted by Gasteiger charge is -2.14. The molecule has 0 saturated heterocycles. The van der Waals surface area contributed by atoms with Crippen molar-refractivity contribution in [3.8, 4) is 0 Å². The Balaban J connectivity index is 3.72. The molecule has 0 aromatic carbocycles. The summed E-state index contributed by atoms with van der Waals surface area (Å²) in [4.78, 5) is 22.1. The number of carbonyl (C=O) groups is 2. The predicted molar refractivity (Wildman–Crippen MR) is 84.8 cm³/mol. The standard InChI is InChI=1S/C14H28N2O4S/c1-4-12(5-6-13(17)18)8-10-16-14(19)15-9-7-11(2)21(3)20/h11-12H,4-10H2,1-3H3,(H,17,18)(H2,15,16,19). The fourth-order valence-corrected chi connectivity index (χ4v) is 2.34. The van der Waals surface area contributed by atoms with Crippen molar-refractivity contribution in [3.05, 3.63) is 0 Å². The normalized spacial score (nSPS) is 15.0. The molecule has 0 rings (SSSR count). The first-order valence-corrected chi connectivity index (χ1v) is 9.04. The molecule has 124 valence electrons. The number of hydrogen-bond acceptors (Lipinski definition) is 3. The summed E-state index contributed by atoms with van der Waals surface area (Å²) in [6.45, 7) is 4.96. The Labute approximate surface area is 129 Å². The Kier molecular flexibility index (Phi) is 10.9. The van der Waals surface area contributed by atoms with Crippen molar-refractivity contribution in [2.45, 2.75) is 51.2 Å². The third-order valence-electron chi connectivity index (χ3n) is 3.59. The number of carbonyl (C=O) groups excluding carboxylic acids is 1. The monoisotopic (exact) mass is 320 g/mol. The second kappa shape index (κ2) is 11.5. The highest BCUT2D eigenvalue weighted by Gasteiger charge is 2.10. The first-order valence-electron chi connectivity index (χ1n) is 7.42. The van der Waals surface area contributed by atoms with E-state index in [0.717, 1.165) is 12.8 Å². The van der Waals surface area contributed by atoms with Crippen LogP contribution in [-0.2, 0) is 15.6 Å². The maximum absolute atomic E-state index is 11.5.